The minimum atomic E-state index is 0.431. The van der Waals surface area contributed by atoms with Crippen LogP contribution in [-0.2, 0) is 0 Å². The molecule has 0 aliphatic heterocycles. The Morgan fingerprint density at radius 3 is 2.52 bits per heavy atom. The number of benzene rings is 2. The van der Waals surface area contributed by atoms with Gasteiger partial charge in [-0.2, -0.15) is 0 Å². The second-order valence-corrected chi connectivity index (χ2v) is 5.84. The number of hydrogen-bond donors (Lipinski definition) is 0. The largest absolute Gasteiger partial charge is 0.457 e. The van der Waals surface area contributed by atoms with Crippen molar-refractivity contribution in [3.05, 3.63) is 71.0 Å². The van der Waals surface area contributed by atoms with E-state index in [0.717, 1.165) is 16.2 Å². The van der Waals surface area contributed by atoms with E-state index in [9.17, 15) is 0 Å². The molecule has 0 fully saturated rings. The number of hydrogen-bond acceptors (Lipinski definition) is 3. The van der Waals surface area contributed by atoms with Crippen LogP contribution in [0.25, 0.3) is 21.8 Å². The first-order chi connectivity index (χ1) is 11.2. The summed E-state index contributed by atoms with van der Waals surface area (Å²) in [5.41, 5.74) is 0.616. The average molecular weight is 341 g/mol. The van der Waals surface area contributed by atoms with E-state index in [-0.39, 0.29) is 0 Å². The quantitative estimate of drug-likeness (QED) is 0.337. The Hall–Kier alpha value is -2.36. The predicted octanol–water partition coefficient (Wildman–Crippen LogP) is 5.88. The van der Waals surface area contributed by atoms with E-state index in [1.807, 2.05) is 42.5 Å². The molecule has 4 rings (SSSR count). The van der Waals surface area contributed by atoms with Crippen molar-refractivity contribution >= 4 is 45.0 Å². The van der Waals surface area contributed by atoms with Crippen LogP contribution in [0.3, 0.4) is 0 Å². The first kappa shape index (κ1) is 14.2. The first-order valence-corrected chi connectivity index (χ1v) is 7.74. The Morgan fingerprint density at radius 1 is 0.783 bits per heavy atom. The van der Waals surface area contributed by atoms with Gasteiger partial charge in [-0.15, -0.1) is 0 Å². The lowest BCUT2D eigenvalue weighted by Gasteiger charge is -2.09. The molecular weight excluding hydrogens is 331 g/mol. The van der Waals surface area contributed by atoms with Crippen LogP contribution in [-0.4, -0.2) is 9.97 Å². The van der Waals surface area contributed by atoms with Gasteiger partial charge in [0.2, 0.25) is 0 Å². The Balaban J connectivity index is 1.88. The van der Waals surface area contributed by atoms with E-state index in [0.29, 0.717) is 27.3 Å². The van der Waals surface area contributed by atoms with E-state index in [1.54, 1.807) is 18.3 Å². The van der Waals surface area contributed by atoms with Crippen molar-refractivity contribution in [2.75, 3.05) is 0 Å². The van der Waals surface area contributed by atoms with E-state index in [4.69, 9.17) is 27.9 Å². The van der Waals surface area contributed by atoms with Crippen molar-refractivity contribution in [1.29, 1.82) is 0 Å². The molecule has 4 aromatic rings. The zero-order valence-electron chi connectivity index (χ0n) is 11.8. The lowest BCUT2D eigenvalue weighted by Crippen LogP contribution is -1.89. The lowest BCUT2D eigenvalue weighted by atomic mass is 10.1. The fourth-order valence-electron chi connectivity index (χ4n) is 2.51. The highest BCUT2D eigenvalue weighted by atomic mass is 35.5. The van der Waals surface area contributed by atoms with Crippen LogP contribution >= 0.6 is 23.2 Å². The second-order valence-electron chi connectivity index (χ2n) is 5.04. The molecule has 2 heterocycles. The molecule has 0 spiro atoms. The van der Waals surface area contributed by atoms with Crippen molar-refractivity contribution in [2.45, 2.75) is 0 Å². The molecule has 0 aliphatic rings. The Morgan fingerprint density at radius 2 is 1.65 bits per heavy atom. The van der Waals surface area contributed by atoms with Gasteiger partial charge in [-0.3, -0.25) is 0 Å². The maximum atomic E-state index is 6.26. The van der Waals surface area contributed by atoms with E-state index < -0.39 is 0 Å². The average Bonchev–Trinajstić information content (AvgIpc) is 2.55. The minimum absolute atomic E-state index is 0.431. The van der Waals surface area contributed by atoms with E-state index in [2.05, 4.69) is 9.97 Å². The van der Waals surface area contributed by atoms with Crippen LogP contribution in [0.15, 0.2) is 60.8 Å². The maximum absolute atomic E-state index is 6.26. The molecular formula is C18H10Cl2N2O. The highest BCUT2D eigenvalue weighted by Gasteiger charge is 2.09. The van der Waals surface area contributed by atoms with Gasteiger partial charge in [-0.25, -0.2) is 9.97 Å². The van der Waals surface area contributed by atoms with Crippen LogP contribution in [0.2, 0.25) is 10.2 Å². The summed E-state index contributed by atoms with van der Waals surface area (Å²) in [7, 11) is 0. The predicted molar refractivity (Wildman–Crippen MR) is 93.6 cm³/mol. The molecule has 2 aromatic heterocycles. The fourth-order valence-corrected chi connectivity index (χ4v) is 2.93. The standard InChI is InChI=1S/C18H10Cl2N2O/c19-11-3-1-4-12(9-11)23-13-6-7-14-16(10-13)15-5-2-8-21-18(15)22-17(14)20/h1-10H. The lowest BCUT2D eigenvalue weighted by molar-refractivity contribution is 0.483. The van der Waals surface area contributed by atoms with Crippen molar-refractivity contribution in [1.82, 2.24) is 9.97 Å². The monoisotopic (exact) mass is 340 g/mol. The number of rotatable bonds is 2. The number of ether oxygens (including phenoxy) is 1. The summed E-state index contributed by atoms with van der Waals surface area (Å²) in [4.78, 5) is 8.59. The number of pyridine rings is 2. The minimum Gasteiger partial charge on any atom is -0.457 e. The van der Waals surface area contributed by atoms with Gasteiger partial charge in [0.25, 0.3) is 0 Å². The van der Waals surface area contributed by atoms with Gasteiger partial charge in [0.15, 0.2) is 5.65 Å². The molecule has 0 saturated heterocycles. The number of nitrogens with zero attached hydrogens (tertiary/aromatic N) is 2. The molecule has 5 heteroatoms. The highest BCUT2D eigenvalue weighted by Crippen LogP contribution is 2.33. The number of halogens is 2. The highest BCUT2D eigenvalue weighted by molar-refractivity contribution is 6.35. The second kappa shape index (κ2) is 5.69. The normalized spacial score (nSPS) is 11.0. The third-order valence-corrected chi connectivity index (χ3v) is 4.05. The summed E-state index contributed by atoms with van der Waals surface area (Å²) in [6.07, 6.45) is 1.70. The molecule has 0 saturated carbocycles. The van der Waals surface area contributed by atoms with Crippen molar-refractivity contribution in [3.63, 3.8) is 0 Å². The van der Waals surface area contributed by atoms with Gasteiger partial charge < -0.3 is 4.74 Å². The van der Waals surface area contributed by atoms with E-state index >= 15 is 0 Å². The van der Waals surface area contributed by atoms with Gasteiger partial charge in [0.1, 0.15) is 16.7 Å². The van der Waals surface area contributed by atoms with Gasteiger partial charge in [-0.1, -0.05) is 29.3 Å². The Labute approximate surface area is 142 Å². The molecule has 0 radical (unpaired) electrons. The zero-order chi connectivity index (χ0) is 15.8. The molecule has 112 valence electrons. The molecule has 0 aliphatic carbocycles. The van der Waals surface area contributed by atoms with Crippen LogP contribution < -0.4 is 4.74 Å². The van der Waals surface area contributed by atoms with Crippen LogP contribution in [0.1, 0.15) is 0 Å². The van der Waals surface area contributed by atoms with Crippen molar-refractivity contribution in [3.8, 4) is 11.5 Å². The molecule has 2 aromatic carbocycles. The summed E-state index contributed by atoms with van der Waals surface area (Å²) < 4.78 is 5.89. The summed E-state index contributed by atoms with van der Waals surface area (Å²) >= 11 is 12.3. The summed E-state index contributed by atoms with van der Waals surface area (Å²) in [5.74, 6) is 1.38. The molecule has 3 nitrogen and oxygen atoms in total. The first-order valence-electron chi connectivity index (χ1n) is 6.98. The van der Waals surface area contributed by atoms with Crippen LogP contribution in [0, 0.1) is 0 Å². The van der Waals surface area contributed by atoms with Gasteiger partial charge in [0, 0.05) is 22.0 Å². The smallest absolute Gasteiger partial charge is 0.161 e. The van der Waals surface area contributed by atoms with Gasteiger partial charge in [0.05, 0.1) is 0 Å². The molecule has 0 unspecified atom stereocenters. The topological polar surface area (TPSA) is 35.0 Å². The fraction of sp³-hybridized carbons (Fsp3) is 0. The number of aromatic nitrogens is 2. The van der Waals surface area contributed by atoms with Crippen LogP contribution in [0.4, 0.5) is 0 Å². The third kappa shape index (κ3) is 2.69. The third-order valence-electron chi connectivity index (χ3n) is 3.53. The molecule has 0 N–H and O–H groups in total. The zero-order valence-corrected chi connectivity index (χ0v) is 13.3. The van der Waals surface area contributed by atoms with Gasteiger partial charge in [-0.05, 0) is 53.9 Å². The summed E-state index contributed by atoms with van der Waals surface area (Å²) in [6.45, 7) is 0. The summed E-state index contributed by atoms with van der Waals surface area (Å²) in [5, 5.41) is 3.81. The molecule has 0 bridgehead atoms. The summed E-state index contributed by atoms with van der Waals surface area (Å²) in [6, 6.07) is 16.8. The Bertz CT molecular complexity index is 1030. The Kier molecular flexibility index (Phi) is 3.52. The number of fused-ring (bicyclic) bond motifs is 3. The van der Waals surface area contributed by atoms with Crippen molar-refractivity contribution in [2.24, 2.45) is 0 Å². The van der Waals surface area contributed by atoms with Gasteiger partial charge >= 0.3 is 0 Å². The maximum Gasteiger partial charge on any atom is 0.161 e. The molecule has 23 heavy (non-hydrogen) atoms. The van der Waals surface area contributed by atoms with Crippen molar-refractivity contribution < 1.29 is 4.74 Å². The van der Waals surface area contributed by atoms with E-state index in [1.165, 1.54) is 0 Å². The van der Waals surface area contributed by atoms with Crippen LogP contribution in [0.5, 0.6) is 11.5 Å². The molecule has 0 atom stereocenters. The SMILES string of the molecule is Clc1cccc(Oc2ccc3c(Cl)nc4ncccc4c3c2)c1. The molecule has 0 amide bonds.